The maximum Gasteiger partial charge on any atom is 0.253 e. The molecule has 2 unspecified atom stereocenters. The highest BCUT2D eigenvalue weighted by Gasteiger charge is 2.26. The van der Waals surface area contributed by atoms with Crippen LogP contribution in [0.2, 0.25) is 10.2 Å². The van der Waals surface area contributed by atoms with E-state index in [4.69, 9.17) is 23.2 Å². The average Bonchev–Trinajstić information content (AvgIpc) is 2.80. The minimum Gasteiger partial charge on any atom is -0.349 e. The zero-order chi connectivity index (χ0) is 13.8. The summed E-state index contributed by atoms with van der Waals surface area (Å²) in [4.78, 5) is 16.0. The fourth-order valence-electron chi connectivity index (χ4n) is 2.27. The van der Waals surface area contributed by atoms with Gasteiger partial charge < -0.3 is 5.32 Å². The molecule has 1 N–H and O–H groups in total. The largest absolute Gasteiger partial charge is 0.349 e. The molecule has 1 aromatic rings. The number of nitrogens with one attached hydrogen (secondary N) is 1. The van der Waals surface area contributed by atoms with E-state index in [-0.39, 0.29) is 17.1 Å². The van der Waals surface area contributed by atoms with E-state index in [2.05, 4.69) is 17.2 Å². The monoisotopic (exact) mass is 318 g/mol. The molecule has 0 bridgehead atoms. The molecule has 0 aromatic carbocycles. The molecule has 0 saturated heterocycles. The van der Waals surface area contributed by atoms with Crippen LogP contribution in [0, 0.1) is 0 Å². The summed E-state index contributed by atoms with van der Waals surface area (Å²) < 4.78 is 0. The van der Waals surface area contributed by atoms with Crippen LogP contribution in [0.5, 0.6) is 0 Å². The number of hydrogen-bond donors (Lipinski definition) is 1. The molecule has 2 rings (SSSR count). The SMILES string of the molecule is CCSC1CCC(NC(=O)c2cnc(Cl)c(Cl)c2)C1. The van der Waals surface area contributed by atoms with Crippen LogP contribution in [0.25, 0.3) is 0 Å². The minimum absolute atomic E-state index is 0.127. The average molecular weight is 319 g/mol. The molecule has 6 heteroatoms. The lowest BCUT2D eigenvalue weighted by molar-refractivity contribution is 0.0937. The van der Waals surface area contributed by atoms with Crippen LogP contribution in [0.1, 0.15) is 36.5 Å². The highest BCUT2D eigenvalue weighted by atomic mass is 35.5. The Kier molecular flexibility index (Phi) is 5.37. The van der Waals surface area contributed by atoms with Gasteiger partial charge in [0, 0.05) is 17.5 Å². The molecule has 1 aliphatic rings. The van der Waals surface area contributed by atoms with E-state index < -0.39 is 0 Å². The van der Waals surface area contributed by atoms with Crippen molar-refractivity contribution in [3.63, 3.8) is 0 Å². The highest BCUT2D eigenvalue weighted by molar-refractivity contribution is 7.99. The van der Waals surface area contributed by atoms with E-state index >= 15 is 0 Å². The molecule has 3 nitrogen and oxygen atoms in total. The summed E-state index contributed by atoms with van der Waals surface area (Å²) in [7, 11) is 0. The van der Waals surface area contributed by atoms with E-state index in [9.17, 15) is 4.79 Å². The second-order valence-corrected chi connectivity index (χ2v) is 6.90. The Labute approximate surface area is 127 Å². The summed E-state index contributed by atoms with van der Waals surface area (Å²) in [5, 5.41) is 4.23. The van der Waals surface area contributed by atoms with E-state index in [1.165, 1.54) is 12.6 Å². The Bertz CT molecular complexity index is 470. The molecule has 0 spiro atoms. The van der Waals surface area contributed by atoms with Crippen LogP contribution in [0.3, 0.4) is 0 Å². The van der Waals surface area contributed by atoms with Crippen molar-refractivity contribution in [1.82, 2.24) is 10.3 Å². The van der Waals surface area contributed by atoms with Gasteiger partial charge in [0.2, 0.25) is 0 Å². The third-order valence-electron chi connectivity index (χ3n) is 3.18. The number of aromatic nitrogens is 1. The van der Waals surface area contributed by atoms with Crippen molar-refractivity contribution in [2.24, 2.45) is 0 Å². The molecule has 0 aliphatic heterocycles. The molecule has 1 fully saturated rings. The number of carbonyl (C=O) groups is 1. The Hall–Kier alpha value is -0.450. The second kappa shape index (κ2) is 6.82. The fourth-order valence-corrected chi connectivity index (χ4v) is 3.68. The van der Waals surface area contributed by atoms with E-state index in [0.717, 1.165) is 18.6 Å². The summed E-state index contributed by atoms with van der Waals surface area (Å²) in [6.45, 7) is 2.16. The number of pyridine rings is 1. The van der Waals surface area contributed by atoms with Gasteiger partial charge in [-0.25, -0.2) is 4.98 Å². The lowest BCUT2D eigenvalue weighted by atomic mass is 10.2. The Morgan fingerprint density at radius 2 is 2.32 bits per heavy atom. The van der Waals surface area contributed by atoms with Crippen LogP contribution in [0.15, 0.2) is 12.3 Å². The van der Waals surface area contributed by atoms with E-state index in [1.54, 1.807) is 6.07 Å². The summed E-state index contributed by atoms with van der Waals surface area (Å²) in [6.07, 6.45) is 4.71. The molecular weight excluding hydrogens is 303 g/mol. The highest BCUT2D eigenvalue weighted by Crippen LogP contribution is 2.30. The van der Waals surface area contributed by atoms with Gasteiger partial charge in [0.05, 0.1) is 10.6 Å². The van der Waals surface area contributed by atoms with Crippen molar-refractivity contribution in [2.75, 3.05) is 5.75 Å². The number of carbonyl (C=O) groups excluding carboxylic acids is 1. The Morgan fingerprint density at radius 1 is 1.53 bits per heavy atom. The zero-order valence-corrected chi connectivity index (χ0v) is 13.0. The standard InChI is InChI=1S/C13H16Cl2N2OS/c1-2-19-10-4-3-9(6-10)17-13(18)8-5-11(14)12(15)16-7-8/h5,7,9-10H,2-4,6H2,1H3,(H,17,18). The maximum atomic E-state index is 12.1. The third-order valence-corrected chi connectivity index (χ3v) is 5.10. The minimum atomic E-state index is -0.127. The van der Waals surface area contributed by atoms with Gasteiger partial charge in [-0.15, -0.1) is 0 Å². The predicted octanol–water partition coefficient (Wildman–Crippen LogP) is 3.79. The van der Waals surface area contributed by atoms with Gasteiger partial charge in [0.25, 0.3) is 5.91 Å². The Morgan fingerprint density at radius 3 is 3.00 bits per heavy atom. The van der Waals surface area contributed by atoms with Crippen molar-refractivity contribution in [1.29, 1.82) is 0 Å². The molecule has 2 atom stereocenters. The fraction of sp³-hybridized carbons (Fsp3) is 0.538. The van der Waals surface area contributed by atoms with Crippen LogP contribution < -0.4 is 5.32 Å². The smallest absolute Gasteiger partial charge is 0.253 e. The topological polar surface area (TPSA) is 42.0 Å². The van der Waals surface area contributed by atoms with Crippen molar-refractivity contribution >= 4 is 40.9 Å². The van der Waals surface area contributed by atoms with Crippen LogP contribution in [-0.4, -0.2) is 27.9 Å². The number of thioether (sulfide) groups is 1. The number of nitrogens with zero attached hydrogens (tertiary/aromatic N) is 1. The summed E-state index contributed by atoms with van der Waals surface area (Å²) >= 11 is 13.6. The first-order valence-electron chi connectivity index (χ1n) is 6.33. The first-order valence-corrected chi connectivity index (χ1v) is 8.14. The van der Waals surface area contributed by atoms with Crippen molar-refractivity contribution in [3.8, 4) is 0 Å². The molecule has 0 radical (unpaired) electrons. The Balaban J connectivity index is 1.92. The second-order valence-electron chi connectivity index (χ2n) is 4.56. The molecule has 1 heterocycles. The molecule has 104 valence electrons. The molecule has 19 heavy (non-hydrogen) atoms. The number of hydrogen-bond acceptors (Lipinski definition) is 3. The first-order chi connectivity index (χ1) is 9.10. The first kappa shape index (κ1) is 14.9. The molecular formula is C13H16Cl2N2OS. The van der Waals surface area contributed by atoms with Gasteiger partial charge in [0.1, 0.15) is 5.15 Å². The quantitative estimate of drug-likeness (QED) is 0.859. The van der Waals surface area contributed by atoms with Crippen molar-refractivity contribution in [3.05, 3.63) is 28.0 Å². The van der Waals surface area contributed by atoms with Gasteiger partial charge >= 0.3 is 0 Å². The molecule has 1 aromatic heterocycles. The zero-order valence-electron chi connectivity index (χ0n) is 10.7. The van der Waals surface area contributed by atoms with Crippen molar-refractivity contribution < 1.29 is 4.79 Å². The van der Waals surface area contributed by atoms with Gasteiger partial charge in [-0.05, 0) is 31.1 Å². The molecule has 1 amide bonds. The third kappa shape index (κ3) is 4.01. The van der Waals surface area contributed by atoms with Gasteiger partial charge in [-0.3, -0.25) is 4.79 Å². The van der Waals surface area contributed by atoms with Gasteiger partial charge in [-0.2, -0.15) is 11.8 Å². The number of amides is 1. The van der Waals surface area contributed by atoms with Gasteiger partial charge in [-0.1, -0.05) is 30.1 Å². The number of rotatable bonds is 4. The van der Waals surface area contributed by atoms with Crippen LogP contribution >= 0.6 is 35.0 Å². The van der Waals surface area contributed by atoms with Crippen LogP contribution in [0.4, 0.5) is 0 Å². The normalized spacial score (nSPS) is 22.5. The molecule has 1 aliphatic carbocycles. The summed E-state index contributed by atoms with van der Waals surface area (Å²) in [5.74, 6) is 1.00. The maximum absolute atomic E-state index is 12.1. The summed E-state index contributed by atoms with van der Waals surface area (Å²) in [5.41, 5.74) is 0.459. The van der Waals surface area contributed by atoms with E-state index in [0.29, 0.717) is 15.8 Å². The summed E-state index contributed by atoms with van der Waals surface area (Å²) in [6, 6.07) is 1.81. The van der Waals surface area contributed by atoms with Crippen molar-refractivity contribution in [2.45, 2.75) is 37.5 Å². The lowest BCUT2D eigenvalue weighted by Crippen LogP contribution is -2.33. The predicted molar refractivity (Wildman–Crippen MR) is 81.3 cm³/mol. The molecule has 1 saturated carbocycles. The lowest BCUT2D eigenvalue weighted by Gasteiger charge is -2.13. The number of halogens is 2. The van der Waals surface area contributed by atoms with Crippen LogP contribution in [-0.2, 0) is 0 Å². The van der Waals surface area contributed by atoms with E-state index in [1.807, 2.05) is 11.8 Å². The van der Waals surface area contributed by atoms with Gasteiger partial charge in [0.15, 0.2) is 0 Å².